The normalized spacial score (nSPS) is 20.3. The van der Waals surface area contributed by atoms with Gasteiger partial charge in [0.15, 0.2) is 5.78 Å². The molecule has 0 bridgehead atoms. The summed E-state index contributed by atoms with van der Waals surface area (Å²) in [5.41, 5.74) is 4.33. The van der Waals surface area contributed by atoms with Crippen LogP contribution in [0.3, 0.4) is 0 Å². The molecule has 0 aromatic heterocycles. The summed E-state index contributed by atoms with van der Waals surface area (Å²) >= 11 is 0. The number of hydrogen-bond donors (Lipinski definition) is 1. The van der Waals surface area contributed by atoms with Crippen molar-refractivity contribution in [3.05, 3.63) is 34.4 Å². The van der Waals surface area contributed by atoms with Crippen LogP contribution < -0.4 is 5.32 Å². The summed E-state index contributed by atoms with van der Waals surface area (Å²) in [7, 11) is 0. The molecule has 1 N–H and O–H groups in total. The van der Waals surface area contributed by atoms with E-state index in [0.717, 1.165) is 17.7 Å². The first-order chi connectivity index (χ1) is 8.11. The van der Waals surface area contributed by atoms with E-state index in [9.17, 15) is 4.79 Å². The minimum Gasteiger partial charge on any atom is -0.378 e. The largest absolute Gasteiger partial charge is 0.378 e. The van der Waals surface area contributed by atoms with Crippen molar-refractivity contribution in [1.82, 2.24) is 5.32 Å². The van der Waals surface area contributed by atoms with E-state index in [0.29, 0.717) is 13.2 Å². The Bertz CT molecular complexity index is 434. The van der Waals surface area contributed by atoms with E-state index in [1.165, 1.54) is 11.1 Å². The smallest absolute Gasteiger partial charge is 0.182 e. The van der Waals surface area contributed by atoms with E-state index >= 15 is 0 Å². The number of benzene rings is 1. The molecule has 2 rings (SSSR count). The van der Waals surface area contributed by atoms with Crippen molar-refractivity contribution in [2.45, 2.75) is 26.8 Å². The summed E-state index contributed by atoms with van der Waals surface area (Å²) < 4.78 is 5.34. The summed E-state index contributed by atoms with van der Waals surface area (Å²) in [5.74, 6) is 0.144. The van der Waals surface area contributed by atoms with Crippen molar-refractivity contribution < 1.29 is 9.53 Å². The van der Waals surface area contributed by atoms with Gasteiger partial charge in [-0.2, -0.15) is 0 Å². The van der Waals surface area contributed by atoms with Crippen molar-refractivity contribution >= 4 is 5.78 Å². The Kier molecular flexibility index (Phi) is 3.60. The average molecular weight is 233 g/mol. The lowest BCUT2D eigenvalue weighted by Gasteiger charge is -2.23. The van der Waals surface area contributed by atoms with Gasteiger partial charge in [-0.3, -0.25) is 4.79 Å². The van der Waals surface area contributed by atoms with Crippen LogP contribution in [0.1, 0.15) is 27.0 Å². The Morgan fingerprint density at radius 2 is 2.06 bits per heavy atom. The van der Waals surface area contributed by atoms with Crippen LogP contribution >= 0.6 is 0 Å². The highest BCUT2D eigenvalue weighted by Crippen LogP contribution is 2.19. The number of carbonyl (C=O) groups excluding carboxylic acids is 1. The van der Waals surface area contributed by atoms with Gasteiger partial charge < -0.3 is 10.1 Å². The monoisotopic (exact) mass is 233 g/mol. The van der Waals surface area contributed by atoms with Gasteiger partial charge in [-0.25, -0.2) is 0 Å². The highest BCUT2D eigenvalue weighted by Gasteiger charge is 2.24. The molecule has 1 aromatic carbocycles. The molecule has 0 spiro atoms. The second kappa shape index (κ2) is 4.98. The number of ether oxygens (including phenoxy) is 1. The molecule has 1 atom stereocenters. The Labute approximate surface area is 102 Å². The molecule has 3 heteroatoms. The van der Waals surface area contributed by atoms with Gasteiger partial charge in [-0.1, -0.05) is 12.1 Å². The van der Waals surface area contributed by atoms with E-state index in [-0.39, 0.29) is 11.8 Å². The minimum atomic E-state index is -0.190. The summed E-state index contributed by atoms with van der Waals surface area (Å²) in [6.07, 6.45) is 0. The highest BCUT2D eigenvalue weighted by molar-refractivity contribution is 6.01. The number of nitrogens with one attached hydrogen (secondary N) is 1. The van der Waals surface area contributed by atoms with E-state index < -0.39 is 0 Å². The number of carbonyl (C=O) groups is 1. The molecule has 1 heterocycles. The molecule has 3 nitrogen and oxygen atoms in total. The van der Waals surface area contributed by atoms with Gasteiger partial charge in [0.25, 0.3) is 0 Å². The van der Waals surface area contributed by atoms with Crippen molar-refractivity contribution in [1.29, 1.82) is 0 Å². The maximum absolute atomic E-state index is 12.3. The topological polar surface area (TPSA) is 38.3 Å². The molecular weight excluding hydrogens is 214 g/mol. The standard InChI is InChI=1S/C14H19NO2/c1-9-4-5-12(11(3)10(9)2)14(16)13-8-17-7-6-15-13/h4-5,13,15H,6-8H2,1-3H3. The predicted octanol–water partition coefficient (Wildman–Crippen LogP) is 1.78. The van der Waals surface area contributed by atoms with Crippen LogP contribution in [0.2, 0.25) is 0 Å². The van der Waals surface area contributed by atoms with Crippen LogP contribution in [0.4, 0.5) is 0 Å². The summed E-state index contributed by atoms with van der Waals surface area (Å²) in [5, 5.41) is 3.20. The van der Waals surface area contributed by atoms with Gasteiger partial charge in [0.05, 0.1) is 19.3 Å². The fourth-order valence-electron chi connectivity index (χ4n) is 2.14. The molecule has 17 heavy (non-hydrogen) atoms. The quantitative estimate of drug-likeness (QED) is 0.791. The SMILES string of the molecule is Cc1ccc(C(=O)C2COCCN2)c(C)c1C. The number of aryl methyl sites for hydroxylation is 1. The number of hydrogen-bond acceptors (Lipinski definition) is 3. The summed E-state index contributed by atoms with van der Waals surface area (Å²) in [6.45, 7) is 8.06. The maximum atomic E-state index is 12.3. The summed E-state index contributed by atoms with van der Waals surface area (Å²) in [4.78, 5) is 12.3. The van der Waals surface area contributed by atoms with Gasteiger partial charge in [-0.05, 0) is 37.5 Å². The van der Waals surface area contributed by atoms with Crippen LogP contribution in [0.25, 0.3) is 0 Å². The van der Waals surface area contributed by atoms with E-state index in [4.69, 9.17) is 4.74 Å². The van der Waals surface area contributed by atoms with Crippen molar-refractivity contribution in [3.63, 3.8) is 0 Å². The van der Waals surface area contributed by atoms with Gasteiger partial charge >= 0.3 is 0 Å². The predicted molar refractivity (Wildman–Crippen MR) is 67.6 cm³/mol. The second-order valence-electron chi connectivity index (χ2n) is 4.63. The zero-order valence-electron chi connectivity index (χ0n) is 10.7. The van der Waals surface area contributed by atoms with Crippen LogP contribution in [-0.4, -0.2) is 31.6 Å². The molecule has 1 aromatic rings. The first-order valence-electron chi connectivity index (χ1n) is 6.03. The van der Waals surface area contributed by atoms with Gasteiger partial charge in [-0.15, -0.1) is 0 Å². The van der Waals surface area contributed by atoms with Gasteiger partial charge in [0, 0.05) is 12.1 Å². The molecule has 92 valence electrons. The second-order valence-corrected chi connectivity index (χ2v) is 4.63. The average Bonchev–Trinajstić information content (AvgIpc) is 2.36. The molecule has 0 radical (unpaired) electrons. The van der Waals surface area contributed by atoms with E-state index in [2.05, 4.69) is 19.2 Å². The summed E-state index contributed by atoms with van der Waals surface area (Å²) in [6, 6.07) is 3.75. The van der Waals surface area contributed by atoms with Crippen molar-refractivity contribution in [2.75, 3.05) is 19.8 Å². The Morgan fingerprint density at radius 1 is 1.29 bits per heavy atom. The molecule has 1 fully saturated rings. The third-order valence-corrected chi connectivity index (χ3v) is 3.56. The highest BCUT2D eigenvalue weighted by atomic mass is 16.5. The number of Topliss-reactive ketones (excluding diaryl/α,β-unsaturated/α-hetero) is 1. The zero-order chi connectivity index (χ0) is 12.4. The van der Waals surface area contributed by atoms with Crippen molar-refractivity contribution in [2.24, 2.45) is 0 Å². The molecule has 0 aliphatic carbocycles. The van der Waals surface area contributed by atoms with Crippen LogP contribution in [0.15, 0.2) is 12.1 Å². The first-order valence-corrected chi connectivity index (χ1v) is 6.03. The fourth-order valence-corrected chi connectivity index (χ4v) is 2.14. The molecule has 1 unspecified atom stereocenters. The molecule has 1 aliphatic rings. The maximum Gasteiger partial charge on any atom is 0.182 e. The lowest BCUT2D eigenvalue weighted by atomic mass is 9.93. The Hall–Kier alpha value is -1.19. The fraction of sp³-hybridized carbons (Fsp3) is 0.500. The third kappa shape index (κ3) is 2.40. The van der Waals surface area contributed by atoms with Gasteiger partial charge in [0.1, 0.15) is 0 Å². The molecular formula is C14H19NO2. The molecule has 1 aliphatic heterocycles. The third-order valence-electron chi connectivity index (χ3n) is 3.56. The van der Waals surface area contributed by atoms with Crippen LogP contribution in [-0.2, 0) is 4.74 Å². The molecule has 0 saturated carbocycles. The van der Waals surface area contributed by atoms with E-state index in [1.807, 2.05) is 19.1 Å². The Balaban J connectivity index is 2.27. The lowest BCUT2D eigenvalue weighted by molar-refractivity contribution is 0.0607. The lowest BCUT2D eigenvalue weighted by Crippen LogP contribution is -2.46. The van der Waals surface area contributed by atoms with Crippen molar-refractivity contribution in [3.8, 4) is 0 Å². The number of ketones is 1. The molecule has 1 saturated heterocycles. The zero-order valence-corrected chi connectivity index (χ0v) is 10.7. The first kappa shape index (κ1) is 12.3. The Morgan fingerprint density at radius 3 is 2.71 bits per heavy atom. The number of morpholine rings is 1. The molecule has 0 amide bonds. The van der Waals surface area contributed by atoms with Crippen LogP contribution in [0.5, 0.6) is 0 Å². The van der Waals surface area contributed by atoms with Gasteiger partial charge in [0.2, 0.25) is 0 Å². The van der Waals surface area contributed by atoms with E-state index in [1.54, 1.807) is 0 Å². The number of rotatable bonds is 2. The minimum absolute atomic E-state index is 0.144. The van der Waals surface area contributed by atoms with Crippen LogP contribution in [0, 0.1) is 20.8 Å².